The molecule has 5 heteroatoms. The first-order valence-corrected chi connectivity index (χ1v) is 6.77. The van der Waals surface area contributed by atoms with Crippen molar-refractivity contribution < 1.29 is 19.7 Å². The summed E-state index contributed by atoms with van der Waals surface area (Å²) >= 11 is 0. The lowest BCUT2D eigenvalue weighted by Gasteiger charge is -2.39. The van der Waals surface area contributed by atoms with Crippen molar-refractivity contribution in [3.63, 3.8) is 0 Å². The Bertz CT molecular complexity index is 489. The highest BCUT2D eigenvalue weighted by Crippen LogP contribution is 2.27. The van der Waals surface area contributed by atoms with Gasteiger partial charge in [0.2, 0.25) is 0 Å². The molecule has 3 N–H and O–H groups in total. The Morgan fingerprint density at radius 3 is 2.60 bits per heavy atom. The second kappa shape index (κ2) is 5.81. The number of hydrogen-bond donors (Lipinski definition) is 3. The summed E-state index contributed by atoms with van der Waals surface area (Å²) in [4.78, 5) is 12.1. The fourth-order valence-electron chi connectivity index (χ4n) is 2.10. The molecule has 1 aliphatic heterocycles. The molecule has 1 aromatic carbocycles. The number of phenolic OH excluding ortho intramolecular Hbond substituents is 1. The van der Waals surface area contributed by atoms with Crippen LogP contribution < -0.4 is 5.32 Å². The van der Waals surface area contributed by atoms with Gasteiger partial charge in [-0.1, -0.05) is 19.9 Å². The van der Waals surface area contributed by atoms with Crippen molar-refractivity contribution in [2.45, 2.75) is 19.8 Å². The van der Waals surface area contributed by atoms with E-state index < -0.39 is 0 Å². The summed E-state index contributed by atoms with van der Waals surface area (Å²) in [5.74, 6) is -0.0584. The lowest BCUT2D eigenvalue weighted by Crippen LogP contribution is -2.53. The molecule has 0 aromatic heterocycles. The van der Waals surface area contributed by atoms with Crippen molar-refractivity contribution in [3.8, 4) is 5.75 Å². The van der Waals surface area contributed by atoms with Crippen LogP contribution in [-0.2, 0) is 4.74 Å². The van der Waals surface area contributed by atoms with Crippen molar-refractivity contribution in [1.29, 1.82) is 0 Å². The van der Waals surface area contributed by atoms with E-state index in [0.717, 1.165) is 5.56 Å². The highest BCUT2D eigenvalue weighted by atomic mass is 16.5. The predicted molar refractivity (Wildman–Crippen MR) is 74.9 cm³/mol. The van der Waals surface area contributed by atoms with Gasteiger partial charge >= 0.3 is 0 Å². The second-order valence-corrected chi connectivity index (χ2v) is 5.76. The van der Waals surface area contributed by atoms with Crippen molar-refractivity contribution >= 4 is 5.91 Å². The number of ether oxygens (including phenoxy) is 1. The van der Waals surface area contributed by atoms with Crippen LogP contribution >= 0.6 is 0 Å². The smallest absolute Gasteiger partial charge is 0.255 e. The Kier molecular flexibility index (Phi) is 4.30. The SMILES string of the molecule is CC(C)c1ccc(C(=O)NCC2(CO)COC2)c(O)c1. The summed E-state index contributed by atoms with van der Waals surface area (Å²) in [5.41, 5.74) is 0.865. The van der Waals surface area contributed by atoms with E-state index in [9.17, 15) is 15.0 Å². The maximum Gasteiger partial charge on any atom is 0.255 e. The van der Waals surface area contributed by atoms with E-state index >= 15 is 0 Å². The van der Waals surface area contributed by atoms with Crippen molar-refractivity contribution in [2.24, 2.45) is 5.41 Å². The van der Waals surface area contributed by atoms with Gasteiger partial charge in [-0.05, 0) is 23.6 Å². The predicted octanol–water partition coefficient (Wildman–Crippen LogP) is 1.25. The molecule has 0 saturated carbocycles. The molecule has 0 radical (unpaired) electrons. The average Bonchev–Trinajstić information content (AvgIpc) is 2.37. The summed E-state index contributed by atoms with van der Waals surface area (Å²) in [6.45, 7) is 5.26. The monoisotopic (exact) mass is 279 g/mol. The van der Waals surface area contributed by atoms with E-state index in [1.807, 2.05) is 19.9 Å². The largest absolute Gasteiger partial charge is 0.507 e. The minimum Gasteiger partial charge on any atom is -0.507 e. The van der Waals surface area contributed by atoms with Crippen LogP contribution in [0.1, 0.15) is 35.7 Å². The Balaban J connectivity index is 2.02. The van der Waals surface area contributed by atoms with Gasteiger partial charge in [-0.3, -0.25) is 4.79 Å². The van der Waals surface area contributed by atoms with E-state index in [1.165, 1.54) is 0 Å². The topological polar surface area (TPSA) is 78.8 Å². The Labute approximate surface area is 118 Å². The summed E-state index contributed by atoms with van der Waals surface area (Å²) < 4.78 is 5.07. The van der Waals surface area contributed by atoms with Gasteiger partial charge in [0, 0.05) is 6.54 Å². The number of phenols is 1. The van der Waals surface area contributed by atoms with Crippen LogP contribution in [-0.4, -0.2) is 42.5 Å². The molecule has 0 aliphatic carbocycles. The summed E-state index contributed by atoms with van der Waals surface area (Å²) in [6.07, 6.45) is 0. The van der Waals surface area contributed by atoms with Crippen LogP contribution in [0.2, 0.25) is 0 Å². The van der Waals surface area contributed by atoms with Crippen LogP contribution in [0.3, 0.4) is 0 Å². The van der Waals surface area contributed by atoms with Gasteiger partial charge in [-0.2, -0.15) is 0 Å². The summed E-state index contributed by atoms with van der Waals surface area (Å²) in [7, 11) is 0. The van der Waals surface area contributed by atoms with Gasteiger partial charge < -0.3 is 20.3 Å². The quantitative estimate of drug-likeness (QED) is 0.758. The van der Waals surface area contributed by atoms with E-state index in [2.05, 4.69) is 5.32 Å². The van der Waals surface area contributed by atoms with Gasteiger partial charge in [-0.15, -0.1) is 0 Å². The molecule has 5 nitrogen and oxygen atoms in total. The number of aromatic hydroxyl groups is 1. The molecule has 110 valence electrons. The minimum absolute atomic E-state index is 0.0170. The average molecular weight is 279 g/mol. The van der Waals surface area contributed by atoms with E-state index in [1.54, 1.807) is 12.1 Å². The molecule has 0 spiro atoms. The highest BCUT2D eigenvalue weighted by molar-refractivity contribution is 5.96. The van der Waals surface area contributed by atoms with Crippen molar-refractivity contribution in [3.05, 3.63) is 29.3 Å². The number of aliphatic hydroxyl groups excluding tert-OH is 1. The number of hydrogen-bond acceptors (Lipinski definition) is 4. The van der Waals surface area contributed by atoms with Crippen molar-refractivity contribution in [2.75, 3.05) is 26.4 Å². The Morgan fingerprint density at radius 2 is 2.15 bits per heavy atom. The van der Waals surface area contributed by atoms with Gasteiger partial charge in [0.25, 0.3) is 5.91 Å². The van der Waals surface area contributed by atoms with Gasteiger partial charge in [0.1, 0.15) is 5.75 Å². The molecule has 0 unspecified atom stereocenters. The second-order valence-electron chi connectivity index (χ2n) is 5.76. The van der Waals surface area contributed by atoms with Crippen LogP contribution in [0.4, 0.5) is 0 Å². The standard InChI is InChI=1S/C15H21NO4/c1-10(2)11-3-4-12(13(18)5-11)14(19)16-6-15(7-17)8-20-9-15/h3-5,10,17-18H,6-9H2,1-2H3,(H,16,19). The number of benzene rings is 1. The number of carbonyl (C=O) groups excluding carboxylic acids is 1. The molecule has 1 heterocycles. The number of rotatable bonds is 5. The maximum absolute atomic E-state index is 12.1. The van der Waals surface area contributed by atoms with Crippen LogP contribution in [0.25, 0.3) is 0 Å². The van der Waals surface area contributed by atoms with Gasteiger partial charge in [-0.25, -0.2) is 0 Å². The molecule has 20 heavy (non-hydrogen) atoms. The van der Waals surface area contributed by atoms with E-state index in [-0.39, 0.29) is 29.2 Å². The molecule has 0 atom stereocenters. The molecule has 2 rings (SSSR count). The zero-order chi connectivity index (χ0) is 14.8. The summed E-state index contributed by atoms with van der Waals surface area (Å²) in [5, 5.41) is 22.0. The first-order chi connectivity index (χ1) is 9.47. The number of aliphatic hydroxyl groups is 1. The molecule has 1 saturated heterocycles. The fraction of sp³-hybridized carbons (Fsp3) is 0.533. The molecule has 0 bridgehead atoms. The maximum atomic E-state index is 12.1. The van der Waals surface area contributed by atoms with Crippen LogP contribution in [0, 0.1) is 5.41 Å². The lowest BCUT2D eigenvalue weighted by molar-refractivity contribution is -0.133. The molecular weight excluding hydrogens is 258 g/mol. The first kappa shape index (κ1) is 14.8. The van der Waals surface area contributed by atoms with Crippen LogP contribution in [0.5, 0.6) is 5.75 Å². The molecule has 1 aromatic rings. The van der Waals surface area contributed by atoms with Gasteiger partial charge in [0.15, 0.2) is 0 Å². The zero-order valence-corrected chi connectivity index (χ0v) is 11.8. The number of amides is 1. The third-order valence-electron chi connectivity index (χ3n) is 3.71. The van der Waals surface area contributed by atoms with Crippen molar-refractivity contribution in [1.82, 2.24) is 5.32 Å². The third-order valence-corrected chi connectivity index (χ3v) is 3.71. The number of carbonyl (C=O) groups is 1. The Hall–Kier alpha value is -1.59. The molecule has 1 fully saturated rings. The molecule has 1 aliphatic rings. The van der Waals surface area contributed by atoms with Crippen LogP contribution in [0.15, 0.2) is 18.2 Å². The van der Waals surface area contributed by atoms with Gasteiger partial charge in [0.05, 0.1) is 30.8 Å². The first-order valence-electron chi connectivity index (χ1n) is 6.77. The summed E-state index contributed by atoms with van der Waals surface area (Å²) in [6, 6.07) is 5.09. The fourth-order valence-corrected chi connectivity index (χ4v) is 2.10. The lowest BCUT2D eigenvalue weighted by atomic mass is 9.87. The van der Waals surface area contributed by atoms with E-state index in [4.69, 9.17) is 4.74 Å². The number of nitrogens with one attached hydrogen (secondary N) is 1. The molecular formula is C15H21NO4. The Morgan fingerprint density at radius 1 is 1.45 bits per heavy atom. The third kappa shape index (κ3) is 2.94. The zero-order valence-electron chi connectivity index (χ0n) is 11.8. The molecule has 1 amide bonds. The normalized spacial score (nSPS) is 16.8. The minimum atomic E-state index is -0.372. The van der Waals surface area contributed by atoms with E-state index in [0.29, 0.717) is 25.7 Å². The highest BCUT2D eigenvalue weighted by Gasteiger charge is 2.38.